The first-order chi connectivity index (χ1) is 12.0. The lowest BCUT2D eigenvalue weighted by atomic mass is 9.96. The SMILES string of the molecule is CC(=O)N1CCc2c(cn(CCN3CCOCC3)c(=O)c2C(=O)O)C1. The third kappa shape index (κ3) is 3.74. The van der Waals surface area contributed by atoms with Crippen molar-refractivity contribution in [2.45, 2.75) is 26.4 Å². The molecule has 0 radical (unpaired) electrons. The van der Waals surface area contributed by atoms with Crippen LogP contribution in [0.3, 0.4) is 0 Å². The number of hydrogen-bond donors (Lipinski definition) is 1. The molecule has 136 valence electrons. The smallest absolute Gasteiger partial charge is 0.341 e. The minimum Gasteiger partial charge on any atom is -0.477 e. The van der Waals surface area contributed by atoms with Gasteiger partial charge in [0.25, 0.3) is 5.56 Å². The van der Waals surface area contributed by atoms with Crippen molar-refractivity contribution in [3.8, 4) is 0 Å². The number of carbonyl (C=O) groups excluding carboxylic acids is 1. The molecule has 3 rings (SSSR count). The van der Waals surface area contributed by atoms with Crippen LogP contribution in [-0.4, -0.2) is 70.7 Å². The second-order valence-corrected chi connectivity index (χ2v) is 6.46. The molecule has 8 nitrogen and oxygen atoms in total. The van der Waals surface area contributed by atoms with E-state index >= 15 is 0 Å². The number of amides is 1. The van der Waals surface area contributed by atoms with Crippen LogP contribution in [0.2, 0.25) is 0 Å². The van der Waals surface area contributed by atoms with Gasteiger partial charge in [0.05, 0.1) is 13.2 Å². The Labute approximate surface area is 145 Å². The number of pyridine rings is 1. The van der Waals surface area contributed by atoms with Crippen molar-refractivity contribution in [2.75, 3.05) is 39.4 Å². The van der Waals surface area contributed by atoms with Gasteiger partial charge in [0.2, 0.25) is 5.91 Å². The Hall–Kier alpha value is -2.19. The highest BCUT2D eigenvalue weighted by molar-refractivity contribution is 5.89. The number of carboxylic acids is 1. The van der Waals surface area contributed by atoms with Gasteiger partial charge in [-0.25, -0.2) is 4.79 Å². The van der Waals surface area contributed by atoms with Gasteiger partial charge < -0.3 is 19.3 Å². The van der Waals surface area contributed by atoms with E-state index < -0.39 is 11.5 Å². The van der Waals surface area contributed by atoms with E-state index in [1.165, 1.54) is 11.5 Å². The summed E-state index contributed by atoms with van der Waals surface area (Å²) in [6, 6.07) is 0. The molecule has 0 bridgehead atoms. The third-order valence-corrected chi connectivity index (χ3v) is 4.89. The Bertz CT molecular complexity index is 737. The van der Waals surface area contributed by atoms with Gasteiger partial charge in [0.1, 0.15) is 5.56 Å². The maximum Gasteiger partial charge on any atom is 0.341 e. The second kappa shape index (κ2) is 7.37. The van der Waals surface area contributed by atoms with Crippen LogP contribution in [0.4, 0.5) is 0 Å². The van der Waals surface area contributed by atoms with Crippen LogP contribution < -0.4 is 5.56 Å². The lowest BCUT2D eigenvalue weighted by Gasteiger charge is -2.30. The van der Waals surface area contributed by atoms with Crippen LogP contribution in [0.25, 0.3) is 0 Å². The van der Waals surface area contributed by atoms with E-state index in [0.717, 1.165) is 18.7 Å². The van der Waals surface area contributed by atoms with Crippen molar-refractivity contribution in [1.29, 1.82) is 0 Å². The first kappa shape index (κ1) is 17.6. The van der Waals surface area contributed by atoms with Gasteiger partial charge in [-0.2, -0.15) is 0 Å². The standard InChI is InChI=1S/C17H23N3O5/c1-12(21)19-3-2-14-13(10-19)11-20(16(22)15(14)17(23)24)5-4-18-6-8-25-9-7-18/h11H,2-10H2,1H3,(H,23,24). The van der Waals surface area contributed by atoms with E-state index in [-0.39, 0.29) is 11.5 Å². The fourth-order valence-electron chi connectivity index (χ4n) is 3.44. The Balaban J connectivity index is 1.89. The molecule has 1 aromatic rings. The highest BCUT2D eigenvalue weighted by atomic mass is 16.5. The van der Waals surface area contributed by atoms with Gasteiger partial charge in [-0.15, -0.1) is 0 Å². The van der Waals surface area contributed by atoms with Crippen LogP contribution in [0, 0.1) is 0 Å². The number of hydrogen-bond acceptors (Lipinski definition) is 5. The first-order valence-corrected chi connectivity index (χ1v) is 8.51. The number of fused-ring (bicyclic) bond motifs is 1. The molecule has 2 aliphatic heterocycles. The molecule has 0 spiro atoms. The lowest BCUT2D eigenvalue weighted by molar-refractivity contribution is -0.129. The summed E-state index contributed by atoms with van der Waals surface area (Å²) in [4.78, 5) is 39.8. The van der Waals surface area contributed by atoms with Crippen LogP contribution in [0.15, 0.2) is 11.0 Å². The summed E-state index contributed by atoms with van der Waals surface area (Å²) in [6.07, 6.45) is 2.12. The normalized spacial score (nSPS) is 18.0. The molecule has 1 amide bonds. The molecule has 0 aliphatic carbocycles. The zero-order valence-corrected chi connectivity index (χ0v) is 14.4. The average Bonchev–Trinajstić information content (AvgIpc) is 2.60. The van der Waals surface area contributed by atoms with Crippen molar-refractivity contribution in [3.63, 3.8) is 0 Å². The topological polar surface area (TPSA) is 92.1 Å². The van der Waals surface area contributed by atoms with E-state index in [1.807, 2.05) is 0 Å². The molecular weight excluding hydrogens is 326 g/mol. The molecule has 1 aromatic heterocycles. The van der Waals surface area contributed by atoms with Gasteiger partial charge in [-0.05, 0) is 17.5 Å². The number of ether oxygens (including phenoxy) is 1. The second-order valence-electron chi connectivity index (χ2n) is 6.46. The molecule has 0 aromatic carbocycles. The van der Waals surface area contributed by atoms with E-state index in [2.05, 4.69) is 4.90 Å². The van der Waals surface area contributed by atoms with Crippen LogP contribution in [0.1, 0.15) is 28.4 Å². The van der Waals surface area contributed by atoms with Crippen LogP contribution >= 0.6 is 0 Å². The molecule has 8 heteroatoms. The highest BCUT2D eigenvalue weighted by Crippen LogP contribution is 2.21. The Morgan fingerprint density at radius 3 is 2.56 bits per heavy atom. The van der Waals surface area contributed by atoms with E-state index in [1.54, 1.807) is 11.1 Å². The predicted molar refractivity (Wildman–Crippen MR) is 89.7 cm³/mol. The lowest BCUT2D eigenvalue weighted by Crippen LogP contribution is -2.41. The molecule has 1 saturated heterocycles. The summed E-state index contributed by atoms with van der Waals surface area (Å²) in [5.74, 6) is -1.24. The minimum absolute atomic E-state index is 0.0476. The maximum absolute atomic E-state index is 12.6. The molecule has 0 unspecified atom stereocenters. The maximum atomic E-state index is 12.6. The summed E-state index contributed by atoms with van der Waals surface area (Å²) in [5.41, 5.74) is 0.705. The fourth-order valence-corrected chi connectivity index (χ4v) is 3.44. The summed E-state index contributed by atoms with van der Waals surface area (Å²) in [6.45, 7) is 6.34. The van der Waals surface area contributed by atoms with Crippen molar-refractivity contribution in [3.05, 3.63) is 33.2 Å². The Morgan fingerprint density at radius 2 is 1.92 bits per heavy atom. The Morgan fingerprint density at radius 1 is 1.20 bits per heavy atom. The number of nitrogens with zero attached hydrogens (tertiary/aromatic N) is 3. The van der Waals surface area contributed by atoms with Crippen LogP contribution in [0.5, 0.6) is 0 Å². The summed E-state index contributed by atoms with van der Waals surface area (Å²) >= 11 is 0. The largest absolute Gasteiger partial charge is 0.477 e. The number of rotatable bonds is 4. The van der Waals surface area contributed by atoms with Crippen molar-refractivity contribution >= 4 is 11.9 Å². The van der Waals surface area contributed by atoms with Gasteiger partial charge in [0, 0.05) is 52.4 Å². The van der Waals surface area contributed by atoms with Gasteiger partial charge in [0.15, 0.2) is 0 Å². The summed E-state index contributed by atoms with van der Waals surface area (Å²) in [7, 11) is 0. The summed E-state index contributed by atoms with van der Waals surface area (Å²) in [5, 5.41) is 9.52. The number of aromatic nitrogens is 1. The van der Waals surface area contributed by atoms with E-state index in [9.17, 15) is 19.5 Å². The zero-order chi connectivity index (χ0) is 18.0. The van der Waals surface area contributed by atoms with Crippen molar-refractivity contribution in [1.82, 2.24) is 14.4 Å². The minimum atomic E-state index is -1.20. The number of morpholine rings is 1. The van der Waals surface area contributed by atoms with Gasteiger partial charge >= 0.3 is 5.97 Å². The molecule has 1 N–H and O–H groups in total. The van der Waals surface area contributed by atoms with Gasteiger partial charge in [-0.1, -0.05) is 0 Å². The highest BCUT2D eigenvalue weighted by Gasteiger charge is 2.26. The Kier molecular flexibility index (Phi) is 5.19. The number of carbonyl (C=O) groups is 2. The summed E-state index contributed by atoms with van der Waals surface area (Å²) < 4.78 is 6.78. The number of carboxylic acid groups (broad SMARTS) is 1. The van der Waals surface area contributed by atoms with Gasteiger partial charge in [-0.3, -0.25) is 14.5 Å². The average molecular weight is 349 g/mol. The quantitative estimate of drug-likeness (QED) is 0.808. The van der Waals surface area contributed by atoms with Crippen LogP contribution in [-0.2, 0) is 29.0 Å². The zero-order valence-electron chi connectivity index (χ0n) is 14.4. The molecular formula is C17H23N3O5. The molecule has 0 atom stereocenters. The predicted octanol–water partition coefficient (Wildman–Crippen LogP) is -0.217. The monoisotopic (exact) mass is 349 g/mol. The third-order valence-electron chi connectivity index (χ3n) is 4.89. The van der Waals surface area contributed by atoms with E-state index in [0.29, 0.717) is 51.4 Å². The number of aromatic carboxylic acids is 1. The molecule has 0 saturated carbocycles. The fraction of sp³-hybridized carbons (Fsp3) is 0.588. The van der Waals surface area contributed by atoms with E-state index in [4.69, 9.17) is 4.74 Å². The molecule has 1 fully saturated rings. The van der Waals surface area contributed by atoms with Crippen molar-refractivity contribution < 1.29 is 19.4 Å². The van der Waals surface area contributed by atoms with Crippen molar-refractivity contribution in [2.24, 2.45) is 0 Å². The first-order valence-electron chi connectivity index (χ1n) is 8.51. The molecule has 25 heavy (non-hydrogen) atoms. The molecule has 3 heterocycles. The molecule has 2 aliphatic rings.